The van der Waals surface area contributed by atoms with Crippen LogP contribution in [0.25, 0.3) is 10.9 Å². The molecule has 0 bridgehead atoms. The van der Waals surface area contributed by atoms with E-state index in [1.54, 1.807) is 0 Å². The smallest absolute Gasteiger partial charge is 0.255 e. The maximum Gasteiger partial charge on any atom is 0.255 e. The Hall–Kier alpha value is -3.37. The first-order valence-corrected chi connectivity index (χ1v) is 13.2. The highest BCUT2D eigenvalue weighted by Crippen LogP contribution is 2.28. The number of unbranched alkanes of at least 4 members (excludes halogenated alkanes) is 1. The number of amides is 1. The van der Waals surface area contributed by atoms with Crippen molar-refractivity contribution in [2.24, 2.45) is 0 Å². The molecule has 0 atom stereocenters. The number of aryl methyl sites for hydroxylation is 1. The van der Waals surface area contributed by atoms with Gasteiger partial charge in [-0.2, -0.15) is 0 Å². The quantitative estimate of drug-likeness (QED) is 0.232. The molecule has 188 valence electrons. The number of nitrogens with zero attached hydrogens (tertiary/aromatic N) is 1. The van der Waals surface area contributed by atoms with Gasteiger partial charge in [0.15, 0.2) is 0 Å². The molecule has 3 aromatic carbocycles. The number of aromatic nitrogens is 1. The van der Waals surface area contributed by atoms with Gasteiger partial charge in [-0.05, 0) is 79.3 Å². The number of hydrogen-bond donors (Lipinski definition) is 2. The minimum absolute atomic E-state index is 0.0736. The molecular formula is C32H39N3O. The second kappa shape index (κ2) is 12.0. The van der Waals surface area contributed by atoms with Crippen LogP contribution in [-0.4, -0.2) is 29.4 Å². The second-order valence-electron chi connectivity index (χ2n) is 10.2. The number of benzene rings is 3. The van der Waals surface area contributed by atoms with Crippen molar-refractivity contribution in [2.45, 2.75) is 58.9 Å². The number of aromatic amines is 1. The minimum Gasteiger partial charge on any atom is -0.358 e. The van der Waals surface area contributed by atoms with Crippen molar-refractivity contribution in [3.63, 3.8) is 0 Å². The number of rotatable bonds is 11. The molecule has 4 nitrogen and oxygen atoms in total. The lowest BCUT2D eigenvalue weighted by Gasteiger charge is -2.17. The normalized spacial score (nSPS) is 11.5. The zero-order chi connectivity index (χ0) is 25.5. The Bertz CT molecular complexity index is 1270. The zero-order valence-corrected chi connectivity index (χ0v) is 22.1. The average molecular weight is 482 g/mol. The van der Waals surface area contributed by atoms with E-state index in [2.05, 4.69) is 85.5 Å². The molecule has 4 rings (SSSR count). The van der Waals surface area contributed by atoms with E-state index in [1.807, 2.05) is 30.3 Å². The maximum absolute atomic E-state index is 12.9. The Kier molecular flexibility index (Phi) is 8.61. The summed E-state index contributed by atoms with van der Waals surface area (Å²) in [4.78, 5) is 19.0. The third kappa shape index (κ3) is 6.44. The van der Waals surface area contributed by atoms with Gasteiger partial charge >= 0.3 is 0 Å². The lowest BCUT2D eigenvalue weighted by Crippen LogP contribution is -2.21. The fourth-order valence-electron chi connectivity index (χ4n) is 4.73. The molecule has 4 aromatic rings. The van der Waals surface area contributed by atoms with Gasteiger partial charge in [0.2, 0.25) is 0 Å². The number of fused-ring (bicyclic) bond motifs is 1. The monoisotopic (exact) mass is 481 g/mol. The molecule has 1 heterocycles. The predicted octanol–water partition coefficient (Wildman–Crippen LogP) is 7.56. The Morgan fingerprint density at radius 3 is 2.42 bits per heavy atom. The summed E-state index contributed by atoms with van der Waals surface area (Å²) in [6, 6.07) is 24.7. The first-order chi connectivity index (χ1) is 17.4. The molecule has 4 heteroatoms. The van der Waals surface area contributed by atoms with E-state index in [4.69, 9.17) is 0 Å². The van der Waals surface area contributed by atoms with Crippen LogP contribution in [0.4, 0.5) is 5.69 Å². The van der Waals surface area contributed by atoms with Crippen LogP contribution < -0.4 is 5.32 Å². The molecule has 0 aliphatic heterocycles. The molecule has 0 aliphatic carbocycles. The molecule has 0 aliphatic rings. The van der Waals surface area contributed by atoms with Crippen molar-refractivity contribution >= 4 is 22.5 Å². The largest absolute Gasteiger partial charge is 0.358 e. The molecule has 0 spiro atoms. The van der Waals surface area contributed by atoms with Crippen LogP contribution >= 0.6 is 0 Å². The molecule has 2 N–H and O–H groups in total. The summed E-state index contributed by atoms with van der Waals surface area (Å²) in [6.07, 6.45) is 4.35. The highest BCUT2D eigenvalue weighted by atomic mass is 16.1. The van der Waals surface area contributed by atoms with E-state index in [0.717, 1.165) is 43.6 Å². The maximum atomic E-state index is 12.9. The average Bonchev–Trinajstić information content (AvgIpc) is 3.23. The van der Waals surface area contributed by atoms with Gasteiger partial charge in [-0.25, -0.2) is 0 Å². The molecule has 0 saturated carbocycles. The van der Waals surface area contributed by atoms with Crippen molar-refractivity contribution in [3.05, 3.63) is 101 Å². The fourth-order valence-corrected chi connectivity index (χ4v) is 4.73. The van der Waals surface area contributed by atoms with Crippen LogP contribution in [0.5, 0.6) is 0 Å². The summed E-state index contributed by atoms with van der Waals surface area (Å²) in [7, 11) is 2.18. The van der Waals surface area contributed by atoms with E-state index < -0.39 is 0 Å². The molecule has 1 amide bonds. The van der Waals surface area contributed by atoms with Crippen molar-refractivity contribution in [1.82, 2.24) is 9.88 Å². The van der Waals surface area contributed by atoms with Crippen molar-refractivity contribution < 1.29 is 4.79 Å². The van der Waals surface area contributed by atoms with Crippen LogP contribution in [0, 0.1) is 0 Å². The topological polar surface area (TPSA) is 48.1 Å². The SMILES string of the molecule is CCCCc1[nH]c2ccc(NC(=O)c3ccc(C(C)C)cc3)cc2c1CCN(C)Cc1ccccc1. The van der Waals surface area contributed by atoms with Crippen LogP contribution in [0.1, 0.15) is 72.3 Å². The van der Waals surface area contributed by atoms with E-state index in [1.165, 1.54) is 34.2 Å². The Balaban J connectivity index is 1.52. The van der Waals surface area contributed by atoms with Gasteiger partial charge in [0, 0.05) is 40.9 Å². The first-order valence-electron chi connectivity index (χ1n) is 13.2. The Labute approximate surface area is 215 Å². The molecule has 0 radical (unpaired) electrons. The number of carbonyl (C=O) groups excluding carboxylic acids is 1. The Morgan fingerprint density at radius 1 is 0.972 bits per heavy atom. The summed E-state index contributed by atoms with van der Waals surface area (Å²) < 4.78 is 0. The van der Waals surface area contributed by atoms with E-state index in [-0.39, 0.29) is 5.91 Å². The van der Waals surface area contributed by atoms with Gasteiger partial charge in [-0.3, -0.25) is 4.79 Å². The van der Waals surface area contributed by atoms with Crippen LogP contribution in [-0.2, 0) is 19.4 Å². The van der Waals surface area contributed by atoms with E-state index in [0.29, 0.717) is 11.5 Å². The van der Waals surface area contributed by atoms with Gasteiger partial charge in [0.25, 0.3) is 5.91 Å². The molecule has 0 unspecified atom stereocenters. The van der Waals surface area contributed by atoms with Crippen molar-refractivity contribution in [3.8, 4) is 0 Å². The van der Waals surface area contributed by atoms with Crippen molar-refractivity contribution in [1.29, 1.82) is 0 Å². The third-order valence-corrected chi connectivity index (χ3v) is 6.91. The number of nitrogens with one attached hydrogen (secondary N) is 2. The highest BCUT2D eigenvalue weighted by molar-refractivity contribution is 6.05. The summed E-state index contributed by atoms with van der Waals surface area (Å²) >= 11 is 0. The summed E-state index contributed by atoms with van der Waals surface area (Å²) in [5.41, 5.74) is 7.92. The standard InChI is InChI=1S/C32H39N3O/c1-5-6-12-30-28(19-20-35(4)22-24-10-8-7-9-11-24)29-21-27(17-18-31(29)34-30)33-32(36)26-15-13-25(14-16-26)23(2)3/h7-11,13-18,21,23,34H,5-6,12,19-20,22H2,1-4H3,(H,33,36). The molecule has 1 aromatic heterocycles. The molecule has 0 fully saturated rings. The lowest BCUT2D eigenvalue weighted by atomic mass is 10.0. The highest BCUT2D eigenvalue weighted by Gasteiger charge is 2.14. The fraction of sp³-hybridized carbons (Fsp3) is 0.344. The van der Waals surface area contributed by atoms with E-state index in [9.17, 15) is 4.79 Å². The summed E-state index contributed by atoms with van der Waals surface area (Å²) in [5, 5.41) is 4.32. The van der Waals surface area contributed by atoms with Crippen LogP contribution in [0.15, 0.2) is 72.8 Å². The number of anilines is 1. The third-order valence-electron chi connectivity index (χ3n) is 6.91. The lowest BCUT2D eigenvalue weighted by molar-refractivity contribution is 0.102. The summed E-state index contributed by atoms with van der Waals surface area (Å²) in [5.74, 6) is 0.376. The number of hydrogen-bond acceptors (Lipinski definition) is 2. The minimum atomic E-state index is -0.0736. The predicted molar refractivity (Wildman–Crippen MR) is 152 cm³/mol. The molecule has 0 saturated heterocycles. The second-order valence-corrected chi connectivity index (χ2v) is 10.2. The molecule has 36 heavy (non-hydrogen) atoms. The van der Waals surface area contributed by atoms with Gasteiger partial charge in [-0.1, -0.05) is 69.7 Å². The van der Waals surface area contributed by atoms with Crippen molar-refractivity contribution in [2.75, 3.05) is 18.9 Å². The van der Waals surface area contributed by atoms with Crippen LogP contribution in [0.2, 0.25) is 0 Å². The zero-order valence-electron chi connectivity index (χ0n) is 22.1. The van der Waals surface area contributed by atoms with Gasteiger partial charge < -0.3 is 15.2 Å². The summed E-state index contributed by atoms with van der Waals surface area (Å²) in [6.45, 7) is 8.46. The van der Waals surface area contributed by atoms with Gasteiger partial charge in [0.05, 0.1) is 0 Å². The van der Waals surface area contributed by atoms with Gasteiger partial charge in [0.1, 0.15) is 0 Å². The number of likely N-dealkylation sites (N-methyl/N-ethyl adjacent to an activating group) is 1. The first kappa shape index (κ1) is 25.7. The number of carbonyl (C=O) groups is 1. The molecular weight excluding hydrogens is 442 g/mol. The van der Waals surface area contributed by atoms with E-state index >= 15 is 0 Å². The Morgan fingerprint density at radius 2 is 1.72 bits per heavy atom. The number of H-pyrrole nitrogens is 1. The van der Waals surface area contributed by atoms with Crippen LogP contribution in [0.3, 0.4) is 0 Å². The van der Waals surface area contributed by atoms with Gasteiger partial charge in [-0.15, -0.1) is 0 Å².